The molecule has 0 fully saturated rings. The number of benzene rings is 2. The van der Waals surface area contributed by atoms with Gasteiger partial charge in [-0.1, -0.05) is 38.0 Å². The molecular weight excluding hydrogens is 480 g/mol. The van der Waals surface area contributed by atoms with E-state index >= 15 is 0 Å². The van der Waals surface area contributed by atoms with Gasteiger partial charge in [0.25, 0.3) is 0 Å². The number of rotatable bonds is 8. The van der Waals surface area contributed by atoms with Crippen LogP contribution >= 0.6 is 0 Å². The Morgan fingerprint density at radius 1 is 1.09 bits per heavy atom. The van der Waals surface area contributed by atoms with Gasteiger partial charge in [0, 0.05) is 25.2 Å². The molecule has 0 radical (unpaired) electrons. The molecule has 0 saturated carbocycles. The maximum atomic E-state index is 12.7. The minimum absolute atomic E-state index is 0. The van der Waals surface area contributed by atoms with Crippen LogP contribution < -0.4 is 31.3 Å². The Kier molecular flexibility index (Phi) is 8.99. The fourth-order valence-corrected chi connectivity index (χ4v) is 3.18. The highest BCUT2D eigenvalue weighted by atomic mass is 79.9. The SMILES string of the molecule is CCOc1ccc(-c2n(CC(=O)C(C)(C)C)cc[n+]2N=Cc2ccc(N(C)C)cc2)cc1.[Br-]. The third kappa shape index (κ3) is 6.78. The summed E-state index contributed by atoms with van der Waals surface area (Å²) >= 11 is 0. The fourth-order valence-electron chi connectivity index (χ4n) is 3.18. The van der Waals surface area contributed by atoms with E-state index in [0.29, 0.717) is 6.61 Å². The van der Waals surface area contributed by atoms with Gasteiger partial charge in [0.05, 0.1) is 18.4 Å². The first kappa shape index (κ1) is 26.3. The first-order valence-corrected chi connectivity index (χ1v) is 10.9. The zero-order valence-corrected chi connectivity index (χ0v) is 21.8. The zero-order chi connectivity index (χ0) is 23.3. The van der Waals surface area contributed by atoms with Crippen molar-refractivity contribution in [1.29, 1.82) is 0 Å². The third-order valence-corrected chi connectivity index (χ3v) is 5.19. The van der Waals surface area contributed by atoms with Crippen LogP contribution in [0.15, 0.2) is 66.0 Å². The standard InChI is InChI=1S/C26H33N4O2.BrH/c1-7-32-23-14-10-21(11-15-23)25-29(19-24(31)26(2,3)4)16-17-30(25)27-18-20-8-12-22(13-9-20)28(5)6;/h8-18H,7,19H2,1-6H3;1H/q+1;/p-1. The van der Waals surface area contributed by atoms with Gasteiger partial charge in [0.2, 0.25) is 0 Å². The van der Waals surface area contributed by atoms with E-state index < -0.39 is 5.41 Å². The summed E-state index contributed by atoms with van der Waals surface area (Å²) in [6, 6.07) is 16.1. The smallest absolute Gasteiger partial charge is 0.314 e. The summed E-state index contributed by atoms with van der Waals surface area (Å²) < 4.78 is 9.34. The van der Waals surface area contributed by atoms with Crippen LogP contribution in [0.5, 0.6) is 5.75 Å². The molecule has 1 heterocycles. The number of anilines is 1. The van der Waals surface area contributed by atoms with Crippen molar-refractivity contribution in [1.82, 2.24) is 4.57 Å². The van der Waals surface area contributed by atoms with Gasteiger partial charge in [-0.3, -0.25) is 4.79 Å². The lowest BCUT2D eigenvalue weighted by Crippen LogP contribution is -3.00. The maximum Gasteiger partial charge on any atom is 0.314 e. The number of halogens is 1. The van der Waals surface area contributed by atoms with Crippen LogP contribution in [-0.2, 0) is 11.3 Å². The Bertz CT molecular complexity index is 1080. The summed E-state index contributed by atoms with van der Waals surface area (Å²) in [4.78, 5) is 14.8. The Morgan fingerprint density at radius 2 is 1.73 bits per heavy atom. The summed E-state index contributed by atoms with van der Waals surface area (Å²) in [7, 11) is 4.04. The van der Waals surface area contributed by atoms with Crippen molar-refractivity contribution in [2.75, 3.05) is 25.6 Å². The molecule has 0 atom stereocenters. The van der Waals surface area contributed by atoms with Gasteiger partial charge in [-0.15, -0.1) is 4.68 Å². The molecule has 33 heavy (non-hydrogen) atoms. The number of nitrogens with zero attached hydrogens (tertiary/aromatic N) is 4. The van der Waals surface area contributed by atoms with E-state index in [-0.39, 0.29) is 29.3 Å². The van der Waals surface area contributed by atoms with Crippen molar-refractivity contribution in [2.24, 2.45) is 10.5 Å². The molecule has 6 nitrogen and oxygen atoms in total. The van der Waals surface area contributed by atoms with Crippen molar-refractivity contribution >= 4 is 17.7 Å². The van der Waals surface area contributed by atoms with Crippen molar-refractivity contribution in [3.05, 3.63) is 66.5 Å². The van der Waals surface area contributed by atoms with E-state index in [1.807, 2.05) is 106 Å². The number of ether oxygens (including phenoxy) is 1. The molecule has 3 rings (SSSR count). The van der Waals surface area contributed by atoms with Crippen LogP contribution in [0, 0.1) is 5.41 Å². The van der Waals surface area contributed by atoms with Crippen LogP contribution in [-0.4, -0.2) is 37.3 Å². The van der Waals surface area contributed by atoms with Crippen molar-refractivity contribution < 1.29 is 31.2 Å². The third-order valence-electron chi connectivity index (χ3n) is 5.19. The minimum atomic E-state index is -0.414. The molecule has 0 unspecified atom stereocenters. The number of imidazole rings is 1. The molecule has 0 aliphatic rings. The number of carbonyl (C=O) groups excluding carboxylic acids is 1. The summed E-state index contributed by atoms with van der Waals surface area (Å²) in [5, 5.41) is 4.69. The van der Waals surface area contributed by atoms with Crippen molar-refractivity contribution in [3.63, 3.8) is 0 Å². The molecule has 176 valence electrons. The largest absolute Gasteiger partial charge is 1.00 e. The normalized spacial score (nSPS) is 11.3. The van der Waals surface area contributed by atoms with Crippen LogP contribution in [0.3, 0.4) is 0 Å². The quantitative estimate of drug-likeness (QED) is 0.338. The lowest BCUT2D eigenvalue weighted by Gasteiger charge is -2.15. The Hall–Kier alpha value is -2.93. The van der Waals surface area contributed by atoms with Gasteiger partial charge < -0.3 is 26.6 Å². The van der Waals surface area contributed by atoms with Gasteiger partial charge in [0.1, 0.15) is 18.5 Å². The second kappa shape index (κ2) is 11.3. The van der Waals surface area contributed by atoms with Crippen LogP contribution in [0.1, 0.15) is 33.3 Å². The average molecular weight is 513 g/mol. The number of Topliss-reactive ketones (excluding diaryl/α,β-unsaturated/α-hetero) is 1. The Labute approximate surface area is 207 Å². The molecule has 0 saturated heterocycles. The first-order valence-electron chi connectivity index (χ1n) is 10.9. The van der Waals surface area contributed by atoms with E-state index in [2.05, 4.69) is 17.0 Å². The molecule has 7 heteroatoms. The Balaban J connectivity index is 0.00000385. The molecule has 0 spiro atoms. The van der Waals surface area contributed by atoms with Gasteiger partial charge in [-0.25, -0.2) is 4.57 Å². The maximum absolute atomic E-state index is 12.7. The molecule has 0 bridgehead atoms. The predicted octanol–water partition coefficient (Wildman–Crippen LogP) is 1.41. The number of carbonyl (C=O) groups is 1. The minimum Gasteiger partial charge on any atom is -1.00 e. The summed E-state index contributed by atoms with van der Waals surface area (Å²) in [5.74, 6) is 1.82. The molecular formula is C26H33BrN4O2. The number of hydrogen-bond acceptors (Lipinski definition) is 4. The monoisotopic (exact) mass is 512 g/mol. The topological polar surface area (TPSA) is 50.7 Å². The molecule has 0 amide bonds. The zero-order valence-electron chi connectivity index (χ0n) is 20.2. The highest BCUT2D eigenvalue weighted by Gasteiger charge is 2.27. The van der Waals surface area contributed by atoms with E-state index in [9.17, 15) is 4.79 Å². The Morgan fingerprint density at radius 3 is 2.27 bits per heavy atom. The highest BCUT2D eigenvalue weighted by molar-refractivity contribution is 5.84. The second-order valence-corrected chi connectivity index (χ2v) is 8.96. The van der Waals surface area contributed by atoms with E-state index in [4.69, 9.17) is 9.84 Å². The molecule has 2 aromatic carbocycles. The van der Waals surface area contributed by atoms with Crippen LogP contribution in [0.4, 0.5) is 5.69 Å². The molecule has 0 aliphatic carbocycles. The summed E-state index contributed by atoms with van der Waals surface area (Å²) in [5.41, 5.74) is 2.68. The second-order valence-electron chi connectivity index (χ2n) is 8.96. The lowest BCUT2D eigenvalue weighted by molar-refractivity contribution is -0.666. The predicted molar refractivity (Wildman–Crippen MR) is 129 cm³/mol. The highest BCUT2D eigenvalue weighted by Crippen LogP contribution is 2.22. The van der Waals surface area contributed by atoms with E-state index in [1.54, 1.807) is 0 Å². The van der Waals surface area contributed by atoms with Gasteiger partial charge in [0.15, 0.2) is 12.0 Å². The number of ketones is 1. The summed E-state index contributed by atoms with van der Waals surface area (Å²) in [6.07, 6.45) is 5.61. The van der Waals surface area contributed by atoms with Crippen LogP contribution in [0.2, 0.25) is 0 Å². The van der Waals surface area contributed by atoms with E-state index in [0.717, 1.165) is 28.4 Å². The number of aromatic nitrogens is 2. The first-order chi connectivity index (χ1) is 15.2. The molecule has 0 N–H and O–H groups in total. The molecule has 3 aromatic rings. The lowest BCUT2D eigenvalue weighted by atomic mass is 9.91. The molecule has 0 aliphatic heterocycles. The van der Waals surface area contributed by atoms with Gasteiger partial charge in [-0.05, 0) is 48.9 Å². The van der Waals surface area contributed by atoms with E-state index in [1.165, 1.54) is 0 Å². The van der Waals surface area contributed by atoms with Crippen molar-refractivity contribution in [2.45, 2.75) is 34.2 Å². The summed E-state index contributed by atoms with van der Waals surface area (Å²) in [6.45, 7) is 8.70. The van der Waals surface area contributed by atoms with Crippen LogP contribution in [0.25, 0.3) is 11.4 Å². The fraction of sp³-hybridized carbons (Fsp3) is 0.346. The average Bonchev–Trinajstić information content (AvgIpc) is 3.15. The molecule has 1 aromatic heterocycles. The number of hydrogen-bond donors (Lipinski definition) is 0. The van der Waals surface area contributed by atoms with Gasteiger partial charge >= 0.3 is 5.82 Å². The van der Waals surface area contributed by atoms with Crippen molar-refractivity contribution in [3.8, 4) is 17.1 Å². The van der Waals surface area contributed by atoms with Gasteiger partial charge in [-0.2, -0.15) is 0 Å².